The van der Waals surface area contributed by atoms with Crippen LogP contribution in [0.5, 0.6) is 0 Å². The van der Waals surface area contributed by atoms with Gasteiger partial charge in [-0.2, -0.15) is 13.2 Å². The van der Waals surface area contributed by atoms with Crippen molar-refractivity contribution in [3.05, 3.63) is 0 Å². The maximum atomic E-state index is 11.3. The Labute approximate surface area is 71.6 Å². The summed E-state index contributed by atoms with van der Waals surface area (Å²) < 4.78 is 33.9. The lowest BCUT2D eigenvalue weighted by Crippen LogP contribution is -3.00. The van der Waals surface area contributed by atoms with Crippen LogP contribution < -0.4 is 12.4 Å². The predicted molar refractivity (Wildman–Crippen MR) is 31.0 cm³/mol. The summed E-state index contributed by atoms with van der Waals surface area (Å²) >= 11 is 0.344. The average Bonchev–Trinajstić information content (AvgIpc) is 1.59. The largest absolute Gasteiger partial charge is 1.00 e. The molecule has 0 aliphatic rings. The highest BCUT2D eigenvalue weighted by Crippen LogP contribution is 2.20. The minimum atomic E-state index is -4.26. The maximum absolute atomic E-state index is 11.3. The first-order valence-corrected chi connectivity index (χ1v) is 3.43. The van der Waals surface area contributed by atoms with E-state index < -0.39 is 23.7 Å². The van der Waals surface area contributed by atoms with E-state index in [2.05, 4.69) is 0 Å². The molecule has 0 aromatic rings. The first-order valence-electron chi connectivity index (χ1n) is 2.28. The molecular weight excluding hydrogens is 205 g/mol. The van der Waals surface area contributed by atoms with E-state index in [9.17, 15) is 18.0 Å². The Kier molecular flexibility index (Phi) is 6.79. The monoisotopic (exact) mass is 209 g/mol. The van der Waals surface area contributed by atoms with E-state index in [1.807, 2.05) is 0 Å². The Morgan fingerprint density at radius 2 is 1.91 bits per heavy atom. The van der Waals surface area contributed by atoms with E-state index in [1.54, 1.807) is 0 Å². The summed E-state index contributed by atoms with van der Waals surface area (Å²) in [5.74, 6) is -2.83. The summed E-state index contributed by atoms with van der Waals surface area (Å²) in [6, 6.07) is 0. The normalized spacial score (nSPS) is 10.5. The number of thioether (sulfide) groups is 1. The third-order valence-electron chi connectivity index (χ3n) is 0.491. The van der Waals surface area contributed by atoms with Crippen LogP contribution in [0.2, 0.25) is 0 Å². The summed E-state index contributed by atoms with van der Waals surface area (Å²) in [5, 5.41) is 7.92. The van der Waals surface area contributed by atoms with E-state index in [1.165, 1.54) is 0 Å². The summed E-state index contributed by atoms with van der Waals surface area (Å²) in [6.07, 6.45) is -4.26. The fourth-order valence-electron chi connectivity index (χ4n) is 0.254. The van der Waals surface area contributed by atoms with Gasteiger partial charge in [0.1, 0.15) is 0 Å². The minimum absolute atomic E-state index is 0. The number of halogens is 4. The molecule has 0 aliphatic carbocycles. The molecule has 0 spiro atoms. The second-order valence-corrected chi connectivity index (χ2v) is 2.49. The molecule has 2 nitrogen and oxygen atoms in total. The summed E-state index contributed by atoms with van der Waals surface area (Å²) in [7, 11) is 0. The van der Waals surface area contributed by atoms with E-state index in [4.69, 9.17) is 5.11 Å². The third kappa shape index (κ3) is 13.0. The molecule has 68 valence electrons. The molecule has 7 heteroatoms. The smallest absolute Gasteiger partial charge is 0.397 e. The van der Waals surface area contributed by atoms with Crippen molar-refractivity contribution < 1.29 is 35.5 Å². The molecule has 0 atom stereocenters. The van der Waals surface area contributed by atoms with Crippen molar-refractivity contribution in [3.8, 4) is 0 Å². The Morgan fingerprint density at radius 3 is 2.18 bits per heavy atom. The van der Waals surface area contributed by atoms with Crippen LogP contribution >= 0.6 is 11.8 Å². The summed E-state index contributed by atoms with van der Waals surface area (Å²) in [4.78, 5) is 9.70. The van der Waals surface area contributed by atoms with Crippen LogP contribution in [0.1, 0.15) is 0 Å². The number of rotatable bonds is 3. The molecule has 0 saturated heterocycles. The van der Waals surface area contributed by atoms with Crippen molar-refractivity contribution in [2.24, 2.45) is 0 Å². The highest BCUT2D eigenvalue weighted by Gasteiger charge is 2.26. The van der Waals surface area contributed by atoms with Gasteiger partial charge in [0.25, 0.3) is 0 Å². The van der Waals surface area contributed by atoms with Crippen molar-refractivity contribution in [2.45, 2.75) is 6.18 Å². The van der Waals surface area contributed by atoms with E-state index >= 15 is 0 Å². The number of hydrogen-bond donors (Lipinski definition) is 1. The SMILES string of the molecule is O=C(O)CSCC(F)(F)F.[Cl-]. The van der Waals surface area contributed by atoms with Crippen molar-refractivity contribution in [3.63, 3.8) is 0 Å². The topological polar surface area (TPSA) is 37.3 Å². The zero-order valence-corrected chi connectivity index (χ0v) is 6.76. The molecular formula is C4H5ClF3O2S-. The second kappa shape index (κ2) is 5.54. The van der Waals surface area contributed by atoms with Gasteiger partial charge in [-0.25, -0.2) is 0 Å². The molecule has 0 unspecified atom stereocenters. The van der Waals surface area contributed by atoms with Gasteiger partial charge in [0.2, 0.25) is 0 Å². The second-order valence-electron chi connectivity index (χ2n) is 1.50. The maximum Gasteiger partial charge on any atom is 0.397 e. The zero-order chi connectivity index (χ0) is 8.20. The first kappa shape index (κ1) is 13.5. The molecule has 0 heterocycles. The van der Waals surface area contributed by atoms with Crippen LogP contribution in [0.25, 0.3) is 0 Å². The Morgan fingerprint density at radius 1 is 1.45 bits per heavy atom. The fraction of sp³-hybridized carbons (Fsp3) is 0.750. The van der Waals surface area contributed by atoms with Crippen molar-refractivity contribution in [2.75, 3.05) is 11.5 Å². The Balaban J connectivity index is 0. The number of carbonyl (C=O) groups is 1. The molecule has 1 N–H and O–H groups in total. The van der Waals surface area contributed by atoms with Gasteiger partial charge < -0.3 is 17.5 Å². The zero-order valence-electron chi connectivity index (χ0n) is 5.19. The van der Waals surface area contributed by atoms with Crippen LogP contribution in [0.15, 0.2) is 0 Å². The van der Waals surface area contributed by atoms with Gasteiger partial charge in [-0.15, -0.1) is 11.8 Å². The molecule has 0 saturated carbocycles. The van der Waals surface area contributed by atoms with Crippen LogP contribution in [-0.4, -0.2) is 28.8 Å². The molecule has 0 aliphatic heterocycles. The molecule has 0 bridgehead atoms. The van der Waals surface area contributed by atoms with Crippen LogP contribution in [-0.2, 0) is 4.79 Å². The van der Waals surface area contributed by atoms with Gasteiger partial charge in [0, 0.05) is 0 Å². The van der Waals surface area contributed by atoms with Gasteiger partial charge in [0.15, 0.2) is 0 Å². The quantitative estimate of drug-likeness (QED) is 0.607. The Bertz CT molecular complexity index is 127. The van der Waals surface area contributed by atoms with Gasteiger partial charge in [0.05, 0.1) is 11.5 Å². The number of aliphatic carboxylic acids is 1. The van der Waals surface area contributed by atoms with Gasteiger partial charge in [-0.1, -0.05) is 0 Å². The highest BCUT2D eigenvalue weighted by molar-refractivity contribution is 7.99. The van der Waals surface area contributed by atoms with Gasteiger partial charge in [-0.3, -0.25) is 4.79 Å². The highest BCUT2D eigenvalue weighted by atomic mass is 35.5. The number of hydrogen-bond acceptors (Lipinski definition) is 2. The summed E-state index contributed by atoms with van der Waals surface area (Å²) in [6.45, 7) is 0. The standard InChI is InChI=1S/C4H5F3O2S.ClH/c5-4(6,7)2-10-1-3(8)9;/h1-2H2,(H,8,9);1H/p-1. The summed E-state index contributed by atoms with van der Waals surface area (Å²) in [5.41, 5.74) is 0. The van der Waals surface area contributed by atoms with Gasteiger partial charge in [-0.05, 0) is 0 Å². The van der Waals surface area contributed by atoms with Crippen LogP contribution in [0.4, 0.5) is 13.2 Å². The van der Waals surface area contributed by atoms with E-state index in [-0.39, 0.29) is 12.4 Å². The van der Waals surface area contributed by atoms with E-state index in [0.29, 0.717) is 11.8 Å². The number of carboxylic acid groups (broad SMARTS) is 1. The minimum Gasteiger partial charge on any atom is -1.00 e. The molecule has 0 rings (SSSR count). The lowest BCUT2D eigenvalue weighted by molar-refractivity contribution is -0.133. The first-order chi connectivity index (χ1) is 4.42. The molecule has 0 aromatic heterocycles. The van der Waals surface area contributed by atoms with Gasteiger partial charge >= 0.3 is 12.1 Å². The molecule has 0 radical (unpaired) electrons. The lowest BCUT2D eigenvalue weighted by Gasteiger charge is -2.02. The molecule has 11 heavy (non-hydrogen) atoms. The van der Waals surface area contributed by atoms with Crippen molar-refractivity contribution in [1.29, 1.82) is 0 Å². The lowest BCUT2D eigenvalue weighted by atomic mass is 10.8. The predicted octanol–water partition coefficient (Wildman–Crippen LogP) is -1.63. The fourth-order valence-corrected chi connectivity index (χ4v) is 0.762. The molecule has 0 amide bonds. The van der Waals surface area contributed by atoms with Crippen molar-refractivity contribution >= 4 is 17.7 Å². The molecule has 0 fully saturated rings. The van der Waals surface area contributed by atoms with Crippen molar-refractivity contribution in [1.82, 2.24) is 0 Å². The third-order valence-corrected chi connectivity index (χ3v) is 1.47. The van der Waals surface area contributed by atoms with Crippen LogP contribution in [0, 0.1) is 0 Å². The molecule has 0 aromatic carbocycles. The Hall–Kier alpha value is -0.100. The van der Waals surface area contributed by atoms with Crippen LogP contribution in [0.3, 0.4) is 0 Å². The number of carboxylic acids is 1. The average molecular weight is 210 g/mol. The number of alkyl halides is 3. The van der Waals surface area contributed by atoms with E-state index in [0.717, 1.165) is 0 Å².